The molecule has 96 valence electrons. The zero-order valence-corrected chi connectivity index (χ0v) is 10.4. The Morgan fingerprint density at radius 2 is 2.33 bits per heavy atom. The van der Waals surface area contributed by atoms with E-state index in [0.29, 0.717) is 24.2 Å². The van der Waals surface area contributed by atoms with Gasteiger partial charge in [0.25, 0.3) is 0 Å². The van der Waals surface area contributed by atoms with Crippen LogP contribution in [0.2, 0.25) is 0 Å². The van der Waals surface area contributed by atoms with E-state index in [0.717, 1.165) is 25.0 Å². The summed E-state index contributed by atoms with van der Waals surface area (Å²) in [5.41, 5.74) is 7.33. The van der Waals surface area contributed by atoms with Gasteiger partial charge in [-0.25, -0.2) is 15.0 Å². The lowest BCUT2D eigenvalue weighted by Crippen LogP contribution is -2.35. The fraction of sp³-hybridized carbons (Fsp3) is 0.583. The number of aromatic nitrogens is 2. The third-order valence-electron chi connectivity index (χ3n) is 3.50. The second kappa shape index (κ2) is 4.53. The Bertz CT molecular complexity index is 476. The molecule has 1 saturated heterocycles. The highest BCUT2D eigenvalue weighted by molar-refractivity contribution is 5.72. The van der Waals surface area contributed by atoms with Crippen LogP contribution in [0.5, 0.6) is 0 Å². The van der Waals surface area contributed by atoms with E-state index in [1.165, 1.54) is 6.33 Å². The van der Waals surface area contributed by atoms with Gasteiger partial charge in [-0.05, 0) is 19.3 Å². The van der Waals surface area contributed by atoms with Crippen LogP contribution in [0, 0.1) is 0 Å². The summed E-state index contributed by atoms with van der Waals surface area (Å²) in [4.78, 5) is 14.6. The average Bonchev–Trinajstić information content (AvgIpc) is 2.87. The Labute approximate surface area is 106 Å². The van der Waals surface area contributed by atoms with Gasteiger partial charge in [0.15, 0.2) is 5.82 Å². The first kappa shape index (κ1) is 11.4. The molecule has 1 aromatic heterocycles. The lowest BCUT2D eigenvalue weighted by molar-refractivity contribution is -0.0259. The van der Waals surface area contributed by atoms with Gasteiger partial charge < -0.3 is 15.4 Å². The van der Waals surface area contributed by atoms with Crippen LogP contribution in [0.1, 0.15) is 31.9 Å². The molecule has 1 aromatic rings. The molecule has 2 aliphatic heterocycles. The summed E-state index contributed by atoms with van der Waals surface area (Å²) in [6, 6.07) is 0. The number of ether oxygens (including phenoxy) is 1. The molecule has 0 aromatic carbocycles. The third-order valence-corrected chi connectivity index (χ3v) is 3.50. The first-order valence-electron chi connectivity index (χ1n) is 6.32. The van der Waals surface area contributed by atoms with E-state index < -0.39 is 0 Å². The molecule has 3 heterocycles. The molecule has 0 bridgehead atoms. The third kappa shape index (κ3) is 1.92. The van der Waals surface area contributed by atoms with Crippen LogP contribution in [0.15, 0.2) is 11.3 Å². The minimum atomic E-state index is 0.114. The molecule has 2 atom stereocenters. The fourth-order valence-electron chi connectivity index (χ4n) is 2.44. The van der Waals surface area contributed by atoms with Gasteiger partial charge in [-0.15, -0.1) is 0 Å². The Hall–Kier alpha value is -1.69. The van der Waals surface area contributed by atoms with Crippen molar-refractivity contribution in [2.75, 3.05) is 5.73 Å². The summed E-state index contributed by atoms with van der Waals surface area (Å²) in [6.45, 7) is 2.84. The highest BCUT2D eigenvalue weighted by Crippen LogP contribution is 2.31. The SMILES string of the molecule is CCC1CCC(N2C=Nc3c(N)ncnc3C2)O1. The standard InChI is InChI=1S/C12H17N5O/c1-2-8-3-4-10(18-8)17-5-9-11(16-7-17)12(13)15-6-14-9/h6-8,10H,2-5H2,1H3,(H2,13,14,15). The number of anilines is 1. The van der Waals surface area contributed by atoms with Crippen LogP contribution in [0.3, 0.4) is 0 Å². The molecule has 0 radical (unpaired) electrons. The number of nitrogens with two attached hydrogens (primary N) is 1. The van der Waals surface area contributed by atoms with Crippen molar-refractivity contribution in [3.05, 3.63) is 12.0 Å². The molecule has 2 N–H and O–H groups in total. The van der Waals surface area contributed by atoms with Crippen molar-refractivity contribution < 1.29 is 4.74 Å². The molecule has 6 nitrogen and oxygen atoms in total. The lowest BCUT2D eigenvalue weighted by Gasteiger charge is -2.29. The summed E-state index contributed by atoms with van der Waals surface area (Å²) >= 11 is 0. The largest absolute Gasteiger partial charge is 0.382 e. The topological polar surface area (TPSA) is 76.6 Å². The minimum absolute atomic E-state index is 0.114. The maximum Gasteiger partial charge on any atom is 0.153 e. The van der Waals surface area contributed by atoms with Gasteiger partial charge in [-0.3, -0.25) is 0 Å². The van der Waals surface area contributed by atoms with Crippen LogP contribution in [0.25, 0.3) is 0 Å². The predicted octanol–water partition coefficient (Wildman–Crippen LogP) is 1.45. The van der Waals surface area contributed by atoms with Gasteiger partial charge >= 0.3 is 0 Å². The maximum absolute atomic E-state index is 5.96. The van der Waals surface area contributed by atoms with E-state index in [4.69, 9.17) is 10.5 Å². The molecule has 1 fully saturated rings. The summed E-state index contributed by atoms with van der Waals surface area (Å²) in [5.74, 6) is 0.440. The van der Waals surface area contributed by atoms with Crippen molar-refractivity contribution in [3.8, 4) is 0 Å². The monoisotopic (exact) mass is 247 g/mol. The van der Waals surface area contributed by atoms with Gasteiger partial charge in [-0.1, -0.05) is 6.92 Å². The minimum Gasteiger partial charge on any atom is -0.382 e. The smallest absolute Gasteiger partial charge is 0.153 e. The number of hydrogen-bond acceptors (Lipinski definition) is 6. The van der Waals surface area contributed by atoms with E-state index >= 15 is 0 Å². The number of nitrogen functional groups attached to an aromatic ring is 1. The Kier molecular flexibility index (Phi) is 2.87. The van der Waals surface area contributed by atoms with Gasteiger partial charge in [-0.2, -0.15) is 0 Å². The van der Waals surface area contributed by atoms with Gasteiger partial charge in [0, 0.05) is 0 Å². The molecular formula is C12H17N5O. The molecule has 3 rings (SSSR count). The van der Waals surface area contributed by atoms with E-state index in [9.17, 15) is 0 Å². The summed E-state index contributed by atoms with van der Waals surface area (Å²) < 4.78 is 5.96. The lowest BCUT2D eigenvalue weighted by atomic mass is 10.2. The highest BCUT2D eigenvalue weighted by atomic mass is 16.5. The molecule has 0 aliphatic carbocycles. The Balaban J connectivity index is 1.76. The molecule has 6 heteroatoms. The maximum atomic E-state index is 5.96. The molecule has 2 aliphatic rings. The second-order valence-corrected chi connectivity index (χ2v) is 4.67. The van der Waals surface area contributed by atoms with E-state index in [-0.39, 0.29) is 6.23 Å². The van der Waals surface area contributed by atoms with E-state index in [1.54, 1.807) is 6.34 Å². The van der Waals surface area contributed by atoms with Crippen molar-refractivity contribution in [3.63, 3.8) is 0 Å². The fourth-order valence-corrected chi connectivity index (χ4v) is 2.44. The van der Waals surface area contributed by atoms with Crippen LogP contribution in [-0.4, -0.2) is 33.5 Å². The predicted molar refractivity (Wildman–Crippen MR) is 68.3 cm³/mol. The molecule has 18 heavy (non-hydrogen) atoms. The molecular weight excluding hydrogens is 230 g/mol. The number of rotatable bonds is 2. The first-order valence-corrected chi connectivity index (χ1v) is 6.32. The summed E-state index contributed by atoms with van der Waals surface area (Å²) in [6.07, 6.45) is 6.99. The van der Waals surface area contributed by atoms with Gasteiger partial charge in [0.05, 0.1) is 24.7 Å². The van der Waals surface area contributed by atoms with Crippen LogP contribution in [0.4, 0.5) is 11.5 Å². The van der Waals surface area contributed by atoms with Crippen molar-refractivity contribution in [1.82, 2.24) is 14.9 Å². The second-order valence-electron chi connectivity index (χ2n) is 4.67. The molecule has 0 spiro atoms. The zero-order chi connectivity index (χ0) is 12.5. The zero-order valence-electron chi connectivity index (χ0n) is 10.4. The number of fused-ring (bicyclic) bond motifs is 1. The Morgan fingerprint density at radius 1 is 1.44 bits per heavy atom. The van der Waals surface area contributed by atoms with Crippen molar-refractivity contribution in [2.24, 2.45) is 4.99 Å². The molecule has 0 amide bonds. The summed E-state index contributed by atoms with van der Waals surface area (Å²) in [5, 5.41) is 0. The normalized spacial score (nSPS) is 26.4. The van der Waals surface area contributed by atoms with Crippen LogP contribution in [-0.2, 0) is 11.3 Å². The molecule has 0 saturated carbocycles. The quantitative estimate of drug-likeness (QED) is 0.856. The van der Waals surface area contributed by atoms with Crippen LogP contribution >= 0.6 is 0 Å². The van der Waals surface area contributed by atoms with Crippen molar-refractivity contribution in [1.29, 1.82) is 0 Å². The van der Waals surface area contributed by atoms with Crippen LogP contribution < -0.4 is 5.73 Å². The van der Waals surface area contributed by atoms with Crippen molar-refractivity contribution >= 4 is 17.8 Å². The number of aliphatic imine (C=N–C) groups is 1. The van der Waals surface area contributed by atoms with Gasteiger partial charge in [0.1, 0.15) is 18.2 Å². The Morgan fingerprint density at radius 3 is 3.11 bits per heavy atom. The van der Waals surface area contributed by atoms with Crippen molar-refractivity contribution in [2.45, 2.75) is 45.1 Å². The van der Waals surface area contributed by atoms with E-state index in [2.05, 4.69) is 26.8 Å². The highest BCUT2D eigenvalue weighted by Gasteiger charge is 2.30. The average molecular weight is 247 g/mol. The van der Waals surface area contributed by atoms with E-state index in [1.807, 2.05) is 0 Å². The number of hydrogen-bond donors (Lipinski definition) is 1. The van der Waals surface area contributed by atoms with Gasteiger partial charge in [0.2, 0.25) is 0 Å². The number of nitrogens with zero attached hydrogens (tertiary/aromatic N) is 4. The summed E-state index contributed by atoms with van der Waals surface area (Å²) in [7, 11) is 0. The molecule has 2 unspecified atom stereocenters. The first-order chi connectivity index (χ1) is 8.78.